The zero-order valence-electron chi connectivity index (χ0n) is 7.19. The Morgan fingerprint density at radius 3 is 2.54 bits per heavy atom. The summed E-state index contributed by atoms with van der Waals surface area (Å²) in [6, 6.07) is 6.59. The van der Waals surface area contributed by atoms with Gasteiger partial charge in [-0.15, -0.1) is 0 Å². The highest BCUT2D eigenvalue weighted by Crippen LogP contribution is 2.14. The summed E-state index contributed by atoms with van der Waals surface area (Å²) in [6.07, 6.45) is 1.08. The molecule has 0 fully saturated rings. The number of aromatic hydroxyl groups is 1. The number of sulfonamides is 1. The molecule has 1 aromatic carbocycles. The minimum atomic E-state index is -3.20. The van der Waals surface area contributed by atoms with E-state index in [0.29, 0.717) is 5.56 Å². The van der Waals surface area contributed by atoms with E-state index in [1.807, 2.05) is 0 Å². The van der Waals surface area contributed by atoms with Gasteiger partial charge in [-0.05, 0) is 6.07 Å². The summed E-state index contributed by atoms with van der Waals surface area (Å²) >= 11 is 0. The van der Waals surface area contributed by atoms with Crippen molar-refractivity contribution in [3.63, 3.8) is 0 Å². The predicted octanol–water partition coefficient (Wildman–Crippen LogP) is 0.441. The molecule has 0 saturated carbocycles. The minimum Gasteiger partial charge on any atom is -0.508 e. The Bertz CT molecular complexity index is 386. The van der Waals surface area contributed by atoms with Crippen molar-refractivity contribution >= 4 is 10.0 Å². The number of phenolic OH excluding ortho intramolecular Hbond substituents is 1. The maximum atomic E-state index is 10.7. The standard InChI is InChI=1S/C8H11NO3S/c1-13(11,12)9-6-7-4-2-3-5-8(7)10/h2-5,9-10H,6H2,1H3. The molecule has 0 unspecified atom stereocenters. The molecule has 2 N–H and O–H groups in total. The summed E-state index contributed by atoms with van der Waals surface area (Å²) in [5, 5.41) is 9.27. The monoisotopic (exact) mass is 201 g/mol. The van der Waals surface area contributed by atoms with Crippen LogP contribution in [0.4, 0.5) is 0 Å². The van der Waals surface area contributed by atoms with E-state index in [1.54, 1.807) is 18.2 Å². The summed E-state index contributed by atoms with van der Waals surface area (Å²) < 4.78 is 23.7. The van der Waals surface area contributed by atoms with Crippen molar-refractivity contribution in [2.45, 2.75) is 6.54 Å². The Labute approximate surface area is 77.3 Å². The third-order valence-electron chi connectivity index (χ3n) is 1.52. The van der Waals surface area contributed by atoms with Crippen molar-refractivity contribution in [3.8, 4) is 5.75 Å². The zero-order valence-corrected chi connectivity index (χ0v) is 8.00. The molecule has 1 rings (SSSR count). The van der Waals surface area contributed by atoms with Crippen LogP contribution < -0.4 is 4.72 Å². The molecule has 13 heavy (non-hydrogen) atoms. The fourth-order valence-electron chi connectivity index (χ4n) is 0.869. The van der Waals surface area contributed by atoms with Gasteiger partial charge in [0, 0.05) is 12.1 Å². The van der Waals surface area contributed by atoms with Gasteiger partial charge in [-0.25, -0.2) is 13.1 Å². The van der Waals surface area contributed by atoms with Gasteiger partial charge in [0.2, 0.25) is 10.0 Å². The molecule has 5 heteroatoms. The van der Waals surface area contributed by atoms with Crippen molar-refractivity contribution < 1.29 is 13.5 Å². The summed E-state index contributed by atoms with van der Waals surface area (Å²) in [5.41, 5.74) is 0.563. The van der Waals surface area contributed by atoms with E-state index in [1.165, 1.54) is 6.07 Å². The molecular weight excluding hydrogens is 190 g/mol. The topological polar surface area (TPSA) is 66.4 Å². The van der Waals surface area contributed by atoms with Crippen LogP contribution in [0.2, 0.25) is 0 Å². The Hall–Kier alpha value is -1.07. The number of hydrogen-bond acceptors (Lipinski definition) is 3. The lowest BCUT2D eigenvalue weighted by atomic mass is 10.2. The maximum absolute atomic E-state index is 10.7. The van der Waals surface area contributed by atoms with E-state index in [9.17, 15) is 13.5 Å². The van der Waals surface area contributed by atoms with Crippen molar-refractivity contribution in [1.82, 2.24) is 4.72 Å². The molecule has 72 valence electrons. The van der Waals surface area contributed by atoms with Gasteiger partial charge >= 0.3 is 0 Å². The fraction of sp³-hybridized carbons (Fsp3) is 0.250. The van der Waals surface area contributed by atoms with E-state index in [-0.39, 0.29) is 12.3 Å². The van der Waals surface area contributed by atoms with Crippen LogP contribution >= 0.6 is 0 Å². The van der Waals surface area contributed by atoms with Crippen LogP contribution in [0.3, 0.4) is 0 Å². The van der Waals surface area contributed by atoms with Gasteiger partial charge in [-0.1, -0.05) is 18.2 Å². The highest BCUT2D eigenvalue weighted by atomic mass is 32.2. The van der Waals surface area contributed by atoms with Gasteiger partial charge in [-0.3, -0.25) is 0 Å². The molecule has 0 atom stereocenters. The van der Waals surface area contributed by atoms with Gasteiger partial charge in [-0.2, -0.15) is 0 Å². The van der Waals surface area contributed by atoms with Crippen LogP contribution in [0.1, 0.15) is 5.56 Å². The first-order chi connectivity index (χ1) is 5.99. The normalized spacial score (nSPS) is 11.5. The first kappa shape index (κ1) is 10.0. The lowest BCUT2D eigenvalue weighted by molar-refractivity contribution is 0.467. The van der Waals surface area contributed by atoms with Crippen LogP contribution in [-0.4, -0.2) is 19.8 Å². The second-order valence-electron chi connectivity index (χ2n) is 2.72. The fourth-order valence-corrected chi connectivity index (χ4v) is 1.29. The number of benzene rings is 1. The molecule has 0 heterocycles. The highest BCUT2D eigenvalue weighted by Gasteiger charge is 2.03. The Balaban J connectivity index is 2.71. The average molecular weight is 201 g/mol. The minimum absolute atomic E-state index is 0.0960. The van der Waals surface area contributed by atoms with E-state index in [0.717, 1.165) is 6.26 Å². The first-order valence-electron chi connectivity index (χ1n) is 3.70. The molecule has 0 amide bonds. The van der Waals surface area contributed by atoms with Gasteiger partial charge < -0.3 is 5.11 Å². The van der Waals surface area contributed by atoms with Gasteiger partial charge in [0.1, 0.15) is 5.75 Å². The highest BCUT2D eigenvalue weighted by molar-refractivity contribution is 7.88. The van der Waals surface area contributed by atoms with Crippen molar-refractivity contribution in [3.05, 3.63) is 29.8 Å². The third kappa shape index (κ3) is 3.43. The van der Waals surface area contributed by atoms with E-state index >= 15 is 0 Å². The molecule has 0 aliphatic heterocycles. The summed E-state index contributed by atoms with van der Waals surface area (Å²) in [4.78, 5) is 0. The lowest BCUT2D eigenvalue weighted by Crippen LogP contribution is -2.21. The van der Waals surface area contributed by atoms with E-state index in [4.69, 9.17) is 0 Å². The summed E-state index contributed by atoms with van der Waals surface area (Å²) in [6.45, 7) is 0.117. The molecule has 0 aromatic heterocycles. The Kier molecular flexibility index (Phi) is 2.90. The summed E-state index contributed by atoms with van der Waals surface area (Å²) in [5.74, 6) is 0.0960. The second-order valence-corrected chi connectivity index (χ2v) is 4.55. The zero-order chi connectivity index (χ0) is 9.90. The molecule has 0 aliphatic carbocycles. The van der Waals surface area contributed by atoms with Crippen molar-refractivity contribution in [2.24, 2.45) is 0 Å². The van der Waals surface area contributed by atoms with Gasteiger partial charge in [0.25, 0.3) is 0 Å². The van der Waals surface area contributed by atoms with E-state index in [2.05, 4.69) is 4.72 Å². The van der Waals surface area contributed by atoms with Crippen molar-refractivity contribution in [1.29, 1.82) is 0 Å². The van der Waals surface area contributed by atoms with Gasteiger partial charge in [0.05, 0.1) is 6.26 Å². The Morgan fingerprint density at radius 1 is 1.38 bits per heavy atom. The lowest BCUT2D eigenvalue weighted by Gasteiger charge is -2.03. The molecule has 0 aliphatic rings. The van der Waals surface area contributed by atoms with Crippen molar-refractivity contribution in [2.75, 3.05) is 6.26 Å². The van der Waals surface area contributed by atoms with Crippen LogP contribution in [0.25, 0.3) is 0 Å². The quantitative estimate of drug-likeness (QED) is 0.745. The van der Waals surface area contributed by atoms with Crippen LogP contribution in [-0.2, 0) is 16.6 Å². The molecule has 0 radical (unpaired) electrons. The average Bonchev–Trinajstić information content (AvgIpc) is 2.01. The predicted molar refractivity (Wildman–Crippen MR) is 49.8 cm³/mol. The van der Waals surface area contributed by atoms with Crippen LogP contribution in [0, 0.1) is 0 Å². The first-order valence-corrected chi connectivity index (χ1v) is 5.60. The summed E-state index contributed by atoms with van der Waals surface area (Å²) in [7, 11) is -3.20. The number of phenols is 1. The molecule has 0 saturated heterocycles. The number of hydrogen-bond donors (Lipinski definition) is 2. The van der Waals surface area contributed by atoms with Crippen LogP contribution in [0.5, 0.6) is 5.75 Å². The SMILES string of the molecule is CS(=O)(=O)NCc1ccccc1O. The molecular formula is C8H11NO3S. The number of rotatable bonds is 3. The number of nitrogens with one attached hydrogen (secondary N) is 1. The molecule has 1 aromatic rings. The largest absolute Gasteiger partial charge is 0.508 e. The third-order valence-corrected chi connectivity index (χ3v) is 2.19. The molecule has 4 nitrogen and oxygen atoms in total. The molecule has 0 bridgehead atoms. The molecule has 0 spiro atoms. The maximum Gasteiger partial charge on any atom is 0.209 e. The van der Waals surface area contributed by atoms with Gasteiger partial charge in [0.15, 0.2) is 0 Å². The van der Waals surface area contributed by atoms with Crippen LogP contribution in [0.15, 0.2) is 24.3 Å². The smallest absolute Gasteiger partial charge is 0.209 e. The second kappa shape index (κ2) is 3.76. The Morgan fingerprint density at radius 2 is 2.00 bits per heavy atom. The van der Waals surface area contributed by atoms with E-state index < -0.39 is 10.0 Å². The number of para-hydroxylation sites is 1.